The van der Waals surface area contributed by atoms with Crippen LogP contribution in [-0.2, 0) is 17.7 Å². The molecule has 4 rings (SSSR count). The monoisotopic (exact) mass is 467 g/mol. The van der Waals surface area contributed by atoms with Crippen molar-refractivity contribution >= 4 is 44.6 Å². The molecular weight excluding hydrogens is 438 g/mol. The van der Waals surface area contributed by atoms with Crippen LogP contribution in [-0.4, -0.2) is 65.7 Å². The summed E-state index contributed by atoms with van der Waals surface area (Å²) in [5.41, 5.74) is 2.51. The van der Waals surface area contributed by atoms with E-state index in [9.17, 15) is 0 Å². The number of nitrogens with one attached hydrogen (secondary N) is 1. The van der Waals surface area contributed by atoms with Gasteiger partial charge in [-0.25, -0.2) is 9.97 Å². The SMILES string of the molecule is COCC(Nc1ncnc2sc3c(c12)CCN(C(=S)C=CCN(C)C)C3)c1ccccc1. The standard InChI is InChI=1S/C24H29N5OS2/c1-28(2)12-7-10-21(31)29-13-11-18-20(14-29)32-24-22(18)23(25-16-26-24)27-19(15-30-3)17-8-5-4-6-9-17/h4-10,16,19H,11-15H2,1-3H3,(H,25,26,27). The quantitative estimate of drug-likeness (QED) is 0.392. The number of anilines is 1. The highest BCUT2D eigenvalue weighted by Crippen LogP contribution is 2.38. The van der Waals surface area contributed by atoms with Crippen molar-refractivity contribution in [1.82, 2.24) is 19.8 Å². The van der Waals surface area contributed by atoms with Crippen molar-refractivity contribution in [3.8, 4) is 0 Å². The second kappa shape index (κ2) is 10.5. The first kappa shape index (κ1) is 22.8. The van der Waals surface area contributed by atoms with Gasteiger partial charge in [-0.05, 0) is 37.7 Å². The topological polar surface area (TPSA) is 53.5 Å². The van der Waals surface area contributed by atoms with Crippen LogP contribution in [0.15, 0.2) is 48.8 Å². The molecule has 1 atom stereocenters. The zero-order valence-corrected chi connectivity index (χ0v) is 20.4. The number of hydrogen-bond donors (Lipinski definition) is 1. The summed E-state index contributed by atoms with van der Waals surface area (Å²) in [5, 5.41) is 4.76. The third-order valence-electron chi connectivity index (χ3n) is 5.53. The Kier molecular flexibility index (Phi) is 7.47. The van der Waals surface area contributed by atoms with Crippen LogP contribution in [0.25, 0.3) is 10.2 Å². The van der Waals surface area contributed by atoms with E-state index in [0.717, 1.165) is 47.1 Å². The van der Waals surface area contributed by atoms with Gasteiger partial charge in [-0.1, -0.05) is 48.6 Å². The van der Waals surface area contributed by atoms with Gasteiger partial charge in [0.05, 0.1) is 24.6 Å². The number of nitrogens with zero attached hydrogens (tertiary/aromatic N) is 4. The number of rotatable bonds is 8. The molecule has 1 unspecified atom stereocenters. The van der Waals surface area contributed by atoms with Crippen molar-refractivity contribution in [1.29, 1.82) is 0 Å². The number of benzene rings is 1. The fraction of sp³-hybridized carbons (Fsp3) is 0.375. The predicted octanol–water partition coefficient (Wildman–Crippen LogP) is 4.29. The first-order valence-electron chi connectivity index (χ1n) is 10.7. The Labute approximate surface area is 198 Å². The molecule has 0 radical (unpaired) electrons. The largest absolute Gasteiger partial charge is 0.382 e. The Balaban J connectivity index is 1.58. The van der Waals surface area contributed by atoms with Gasteiger partial charge >= 0.3 is 0 Å². The zero-order chi connectivity index (χ0) is 22.5. The fourth-order valence-electron chi connectivity index (χ4n) is 3.93. The van der Waals surface area contributed by atoms with Crippen molar-refractivity contribution in [3.63, 3.8) is 0 Å². The summed E-state index contributed by atoms with van der Waals surface area (Å²) in [7, 11) is 5.84. The average Bonchev–Trinajstić information content (AvgIpc) is 3.17. The average molecular weight is 468 g/mol. The molecule has 1 aliphatic heterocycles. The highest BCUT2D eigenvalue weighted by atomic mass is 32.1. The van der Waals surface area contributed by atoms with Gasteiger partial charge in [0, 0.05) is 25.1 Å². The Hall–Kier alpha value is -2.39. The molecule has 1 aromatic carbocycles. The van der Waals surface area contributed by atoms with E-state index in [4.69, 9.17) is 17.0 Å². The van der Waals surface area contributed by atoms with E-state index in [2.05, 4.69) is 63.5 Å². The second-order valence-electron chi connectivity index (χ2n) is 8.14. The van der Waals surface area contributed by atoms with Gasteiger partial charge in [-0.2, -0.15) is 0 Å². The highest BCUT2D eigenvalue weighted by molar-refractivity contribution is 7.80. The lowest BCUT2D eigenvalue weighted by atomic mass is 10.0. The summed E-state index contributed by atoms with van der Waals surface area (Å²) in [6.07, 6.45) is 6.75. The highest BCUT2D eigenvalue weighted by Gasteiger charge is 2.25. The maximum absolute atomic E-state index is 5.67. The van der Waals surface area contributed by atoms with Gasteiger partial charge in [0.1, 0.15) is 22.0 Å². The Morgan fingerprint density at radius 3 is 2.88 bits per heavy atom. The zero-order valence-electron chi connectivity index (χ0n) is 18.7. The van der Waals surface area contributed by atoms with Crippen LogP contribution in [0, 0.1) is 0 Å². The number of thiocarbonyl (C=S) groups is 1. The predicted molar refractivity (Wildman–Crippen MR) is 137 cm³/mol. The lowest BCUT2D eigenvalue weighted by Gasteiger charge is -2.28. The number of fused-ring (bicyclic) bond motifs is 3. The number of methoxy groups -OCH3 is 1. The van der Waals surface area contributed by atoms with Gasteiger partial charge in [0.15, 0.2) is 0 Å². The third-order valence-corrected chi connectivity index (χ3v) is 7.04. The van der Waals surface area contributed by atoms with Gasteiger partial charge in [-0.3, -0.25) is 0 Å². The molecule has 0 saturated heterocycles. The minimum absolute atomic E-state index is 0.0179. The first-order valence-corrected chi connectivity index (χ1v) is 11.9. The van der Waals surface area contributed by atoms with Crippen LogP contribution in [0.1, 0.15) is 22.0 Å². The van der Waals surface area contributed by atoms with Gasteiger partial charge in [-0.15, -0.1) is 11.3 Å². The fourth-order valence-corrected chi connectivity index (χ4v) is 5.39. The van der Waals surface area contributed by atoms with Crippen LogP contribution >= 0.6 is 23.6 Å². The molecule has 0 spiro atoms. The molecule has 1 N–H and O–H groups in total. The third kappa shape index (κ3) is 5.15. The minimum atomic E-state index is 0.0179. The molecule has 1 aliphatic rings. The summed E-state index contributed by atoms with van der Waals surface area (Å²) < 4.78 is 5.49. The Morgan fingerprint density at radius 2 is 2.12 bits per heavy atom. The van der Waals surface area contributed by atoms with E-state index >= 15 is 0 Å². The van der Waals surface area contributed by atoms with E-state index in [1.165, 1.54) is 16.0 Å². The van der Waals surface area contributed by atoms with Crippen LogP contribution in [0.5, 0.6) is 0 Å². The smallest absolute Gasteiger partial charge is 0.139 e. The van der Waals surface area contributed by atoms with E-state index in [-0.39, 0.29) is 6.04 Å². The molecular formula is C24H29N5OS2. The second-order valence-corrected chi connectivity index (χ2v) is 9.65. The molecule has 0 saturated carbocycles. The van der Waals surface area contributed by atoms with Gasteiger partial charge in [0.25, 0.3) is 0 Å². The lowest BCUT2D eigenvalue weighted by Crippen LogP contribution is -2.33. The number of hydrogen-bond acceptors (Lipinski definition) is 7. The van der Waals surface area contributed by atoms with Crippen LogP contribution in [0.4, 0.5) is 5.82 Å². The molecule has 3 aromatic rings. The molecule has 8 heteroatoms. The number of ether oxygens (including phenoxy) is 1. The Morgan fingerprint density at radius 1 is 1.31 bits per heavy atom. The number of thiophene rings is 1. The maximum Gasteiger partial charge on any atom is 0.139 e. The van der Waals surface area contributed by atoms with Crippen molar-refractivity contribution in [3.05, 3.63) is 64.8 Å². The molecule has 0 amide bonds. The van der Waals surface area contributed by atoms with Crippen molar-refractivity contribution < 1.29 is 4.74 Å². The van der Waals surface area contributed by atoms with E-state index < -0.39 is 0 Å². The van der Waals surface area contributed by atoms with Gasteiger partial charge < -0.3 is 19.9 Å². The summed E-state index contributed by atoms with van der Waals surface area (Å²) in [5.74, 6) is 0.875. The summed E-state index contributed by atoms with van der Waals surface area (Å²) in [4.78, 5) is 16.8. The van der Waals surface area contributed by atoms with E-state index in [0.29, 0.717) is 6.61 Å². The van der Waals surface area contributed by atoms with Crippen molar-refractivity contribution in [2.45, 2.75) is 19.0 Å². The molecule has 2 aromatic heterocycles. The van der Waals surface area contributed by atoms with Crippen LogP contribution in [0.2, 0.25) is 0 Å². The molecule has 0 bridgehead atoms. The van der Waals surface area contributed by atoms with Gasteiger partial charge in [0.2, 0.25) is 0 Å². The molecule has 0 fully saturated rings. The van der Waals surface area contributed by atoms with Crippen molar-refractivity contribution in [2.24, 2.45) is 0 Å². The molecule has 6 nitrogen and oxygen atoms in total. The minimum Gasteiger partial charge on any atom is -0.382 e. The van der Waals surface area contributed by atoms with E-state index in [1.54, 1.807) is 24.8 Å². The normalized spacial score (nSPS) is 14.8. The molecule has 168 valence electrons. The number of aromatic nitrogens is 2. The maximum atomic E-state index is 5.67. The molecule has 0 aliphatic carbocycles. The lowest BCUT2D eigenvalue weighted by molar-refractivity contribution is 0.186. The summed E-state index contributed by atoms with van der Waals surface area (Å²) in [6.45, 7) is 3.17. The number of likely N-dealkylation sites (N-methyl/N-ethyl adjacent to an activating group) is 1. The first-order chi connectivity index (χ1) is 15.6. The molecule has 32 heavy (non-hydrogen) atoms. The molecule has 3 heterocycles. The van der Waals surface area contributed by atoms with Crippen LogP contribution < -0.4 is 5.32 Å². The van der Waals surface area contributed by atoms with Crippen LogP contribution in [0.3, 0.4) is 0 Å². The van der Waals surface area contributed by atoms with E-state index in [1.807, 2.05) is 18.2 Å². The Bertz CT molecular complexity index is 1100. The summed E-state index contributed by atoms with van der Waals surface area (Å²) >= 11 is 7.42. The summed E-state index contributed by atoms with van der Waals surface area (Å²) in [6, 6.07) is 10.4. The van der Waals surface area contributed by atoms with Crippen molar-refractivity contribution in [2.75, 3.05) is 46.2 Å².